The third-order valence-electron chi connectivity index (χ3n) is 4.69. The number of benzene rings is 1. The number of piperazine rings is 1. The Hall–Kier alpha value is -2.35. The first kappa shape index (κ1) is 21.4. The smallest absolute Gasteiger partial charge is 0.410 e. The molecule has 0 unspecified atom stereocenters. The van der Waals surface area contributed by atoms with Crippen LogP contribution in [-0.4, -0.2) is 59.3 Å². The number of hydrogen-bond acceptors (Lipinski definition) is 6. The van der Waals surface area contributed by atoms with E-state index in [9.17, 15) is 4.79 Å². The van der Waals surface area contributed by atoms with Crippen molar-refractivity contribution in [1.82, 2.24) is 14.9 Å². The molecular weight excluding hydrogens is 434 g/mol. The van der Waals surface area contributed by atoms with Crippen LogP contribution in [0.4, 0.5) is 16.4 Å². The number of nitrogens with zero attached hydrogens (tertiary/aromatic N) is 4. The Morgan fingerprint density at radius 1 is 1.28 bits per heavy atom. The van der Waals surface area contributed by atoms with Gasteiger partial charge in [-0.1, -0.05) is 30.3 Å². The summed E-state index contributed by atoms with van der Waals surface area (Å²) in [5, 5.41) is 3.11. The Balaban J connectivity index is 1.86. The molecule has 8 heteroatoms. The molecule has 156 valence electrons. The average Bonchev–Trinajstić information content (AvgIpc) is 2.67. The first-order valence-electron chi connectivity index (χ1n) is 9.75. The molecule has 0 bridgehead atoms. The molecular formula is C21H28BrN5O2. The van der Waals surface area contributed by atoms with Crippen molar-refractivity contribution >= 4 is 33.7 Å². The lowest BCUT2D eigenvalue weighted by molar-refractivity contribution is 0.0141. The van der Waals surface area contributed by atoms with Gasteiger partial charge < -0.3 is 19.9 Å². The van der Waals surface area contributed by atoms with Gasteiger partial charge in [0.1, 0.15) is 10.2 Å². The molecule has 3 rings (SSSR count). The standard InChI is InChI=1S/C21H28BrN5O2/c1-21(2,3)29-20(28)27-11-10-26(19-18(23-4)24-13-17(22)25-19)14-16(27)12-15-8-6-5-7-9-15/h5-9,13,16H,10-12,14H2,1-4H3,(H,23,24)/t16-/m0/s1. The minimum Gasteiger partial charge on any atom is -0.444 e. The number of carbonyl (C=O) groups is 1. The monoisotopic (exact) mass is 461 g/mol. The predicted molar refractivity (Wildman–Crippen MR) is 118 cm³/mol. The summed E-state index contributed by atoms with van der Waals surface area (Å²) in [5.41, 5.74) is 0.655. The fraction of sp³-hybridized carbons (Fsp3) is 0.476. The van der Waals surface area contributed by atoms with Crippen LogP contribution < -0.4 is 10.2 Å². The Morgan fingerprint density at radius 2 is 2.00 bits per heavy atom. The van der Waals surface area contributed by atoms with E-state index in [1.54, 1.807) is 6.20 Å². The Morgan fingerprint density at radius 3 is 2.66 bits per heavy atom. The van der Waals surface area contributed by atoms with Gasteiger partial charge in [-0.2, -0.15) is 0 Å². The van der Waals surface area contributed by atoms with Crippen molar-refractivity contribution in [2.75, 3.05) is 36.9 Å². The van der Waals surface area contributed by atoms with Gasteiger partial charge in [0, 0.05) is 26.7 Å². The maximum absolute atomic E-state index is 12.9. The van der Waals surface area contributed by atoms with Gasteiger partial charge in [-0.25, -0.2) is 14.8 Å². The van der Waals surface area contributed by atoms with Crippen molar-refractivity contribution in [2.24, 2.45) is 0 Å². The molecule has 0 spiro atoms. The first-order chi connectivity index (χ1) is 13.8. The minimum absolute atomic E-state index is 0.0357. The van der Waals surface area contributed by atoms with Crippen molar-refractivity contribution in [3.63, 3.8) is 0 Å². The number of nitrogens with one attached hydrogen (secondary N) is 1. The van der Waals surface area contributed by atoms with Crippen LogP contribution in [0.3, 0.4) is 0 Å². The number of rotatable bonds is 4. The number of ether oxygens (including phenoxy) is 1. The molecule has 0 aliphatic carbocycles. The van der Waals surface area contributed by atoms with Crippen LogP contribution in [-0.2, 0) is 11.2 Å². The molecule has 0 radical (unpaired) electrons. The molecule has 2 heterocycles. The van der Waals surface area contributed by atoms with Crippen molar-refractivity contribution < 1.29 is 9.53 Å². The molecule has 1 aromatic carbocycles. The third kappa shape index (κ3) is 5.59. The fourth-order valence-electron chi connectivity index (χ4n) is 3.42. The number of carbonyl (C=O) groups excluding carboxylic acids is 1. The highest BCUT2D eigenvalue weighted by molar-refractivity contribution is 9.10. The van der Waals surface area contributed by atoms with Gasteiger partial charge in [-0.3, -0.25) is 0 Å². The normalized spacial score (nSPS) is 17.2. The van der Waals surface area contributed by atoms with Crippen molar-refractivity contribution in [3.05, 3.63) is 46.7 Å². The molecule has 7 nitrogen and oxygen atoms in total. The second-order valence-corrected chi connectivity index (χ2v) is 8.89. The maximum atomic E-state index is 12.9. The van der Waals surface area contributed by atoms with Gasteiger partial charge in [0.15, 0.2) is 11.6 Å². The molecule has 2 aromatic rings. The summed E-state index contributed by atoms with van der Waals surface area (Å²) in [7, 11) is 1.83. The Labute approximate surface area is 180 Å². The third-order valence-corrected chi connectivity index (χ3v) is 5.07. The van der Waals surface area contributed by atoms with Crippen molar-refractivity contribution in [2.45, 2.75) is 38.8 Å². The fourth-order valence-corrected chi connectivity index (χ4v) is 3.70. The van der Waals surface area contributed by atoms with E-state index in [1.165, 1.54) is 5.56 Å². The molecule has 1 N–H and O–H groups in total. The highest BCUT2D eigenvalue weighted by atomic mass is 79.9. The van der Waals surface area contributed by atoms with Gasteiger partial charge >= 0.3 is 6.09 Å². The van der Waals surface area contributed by atoms with Crippen LogP contribution in [0.15, 0.2) is 41.1 Å². The van der Waals surface area contributed by atoms with E-state index in [-0.39, 0.29) is 12.1 Å². The largest absolute Gasteiger partial charge is 0.444 e. The maximum Gasteiger partial charge on any atom is 0.410 e. The van der Waals surface area contributed by atoms with E-state index in [2.05, 4.69) is 48.2 Å². The highest BCUT2D eigenvalue weighted by Gasteiger charge is 2.34. The summed E-state index contributed by atoms with van der Waals surface area (Å²) in [6.45, 7) is 7.54. The lowest BCUT2D eigenvalue weighted by Crippen LogP contribution is -2.57. The molecule has 1 amide bonds. The zero-order chi connectivity index (χ0) is 21.0. The zero-order valence-electron chi connectivity index (χ0n) is 17.4. The van der Waals surface area contributed by atoms with Crippen LogP contribution in [0.25, 0.3) is 0 Å². The minimum atomic E-state index is -0.527. The van der Waals surface area contributed by atoms with Crippen LogP contribution >= 0.6 is 15.9 Å². The summed E-state index contributed by atoms with van der Waals surface area (Å²) in [6.07, 6.45) is 2.15. The second-order valence-electron chi connectivity index (χ2n) is 8.08. The Bertz CT molecular complexity index is 841. The highest BCUT2D eigenvalue weighted by Crippen LogP contribution is 2.27. The number of aromatic nitrogens is 2. The first-order valence-corrected chi connectivity index (χ1v) is 10.5. The van der Waals surface area contributed by atoms with E-state index in [4.69, 9.17) is 4.74 Å². The Kier molecular flexibility index (Phi) is 6.62. The molecule has 1 aliphatic rings. The number of anilines is 2. The molecule has 29 heavy (non-hydrogen) atoms. The lowest BCUT2D eigenvalue weighted by atomic mass is 10.0. The van der Waals surface area contributed by atoms with Gasteiger partial charge in [-0.05, 0) is 48.7 Å². The molecule has 0 saturated carbocycles. The second kappa shape index (κ2) is 8.98. The summed E-state index contributed by atoms with van der Waals surface area (Å²) in [6, 6.07) is 10.2. The van der Waals surface area contributed by atoms with Gasteiger partial charge in [-0.15, -0.1) is 0 Å². The van der Waals surface area contributed by atoms with Crippen molar-refractivity contribution in [1.29, 1.82) is 0 Å². The molecule has 1 aliphatic heterocycles. The summed E-state index contributed by atoms with van der Waals surface area (Å²) >= 11 is 3.42. The SMILES string of the molecule is CNc1ncc(Br)nc1N1CCN(C(=O)OC(C)(C)C)[C@@H](Cc2ccccc2)C1. The van der Waals surface area contributed by atoms with Crippen LogP contribution in [0.2, 0.25) is 0 Å². The van der Waals surface area contributed by atoms with E-state index in [0.717, 1.165) is 18.1 Å². The van der Waals surface area contributed by atoms with E-state index in [0.29, 0.717) is 24.2 Å². The topological polar surface area (TPSA) is 70.6 Å². The van der Waals surface area contributed by atoms with Crippen LogP contribution in [0.5, 0.6) is 0 Å². The molecule has 1 atom stereocenters. The summed E-state index contributed by atoms with van der Waals surface area (Å²) in [4.78, 5) is 25.9. The summed E-state index contributed by atoms with van der Waals surface area (Å²) in [5.74, 6) is 1.50. The van der Waals surface area contributed by atoms with Crippen LogP contribution in [0, 0.1) is 0 Å². The van der Waals surface area contributed by atoms with Gasteiger partial charge in [0.25, 0.3) is 0 Å². The zero-order valence-corrected chi connectivity index (χ0v) is 18.9. The van der Waals surface area contributed by atoms with E-state index < -0.39 is 5.60 Å². The van der Waals surface area contributed by atoms with E-state index >= 15 is 0 Å². The van der Waals surface area contributed by atoms with Gasteiger partial charge in [0.2, 0.25) is 0 Å². The lowest BCUT2D eigenvalue weighted by Gasteiger charge is -2.42. The molecule has 1 fully saturated rings. The van der Waals surface area contributed by atoms with Crippen molar-refractivity contribution in [3.8, 4) is 0 Å². The van der Waals surface area contributed by atoms with E-state index in [1.807, 2.05) is 50.9 Å². The predicted octanol–water partition coefficient (Wildman–Crippen LogP) is 3.95. The number of hydrogen-bond donors (Lipinski definition) is 1. The average molecular weight is 462 g/mol. The number of halogens is 1. The number of amides is 1. The summed E-state index contributed by atoms with van der Waals surface area (Å²) < 4.78 is 6.35. The molecule has 1 saturated heterocycles. The quantitative estimate of drug-likeness (QED) is 0.742. The van der Waals surface area contributed by atoms with Gasteiger partial charge in [0.05, 0.1) is 12.2 Å². The van der Waals surface area contributed by atoms with Crippen LogP contribution in [0.1, 0.15) is 26.3 Å². The molecule has 1 aromatic heterocycles.